The molecule has 0 spiro atoms. The van der Waals surface area contributed by atoms with Crippen molar-refractivity contribution in [1.29, 1.82) is 0 Å². The minimum Gasteiger partial charge on any atom is -0.286 e. The Hall–Kier alpha value is -1.85. The molecule has 2 aromatic rings. The minimum absolute atomic E-state index is 0.223. The Labute approximate surface area is 143 Å². The number of benzene rings is 2. The molecule has 0 fully saturated rings. The zero-order valence-corrected chi connectivity index (χ0v) is 13.8. The van der Waals surface area contributed by atoms with Crippen LogP contribution in [0, 0.1) is 5.82 Å². The standard InChI is InChI=1S/C17H14ClFN2OS/c18-14-5-1-3-12(9-14)11-23-17-20-7-8-21(17)16(22)13-4-2-6-15(19)10-13/h1-6,9-10H,7-8,11H2. The summed E-state index contributed by atoms with van der Waals surface area (Å²) in [6.07, 6.45) is 0. The number of carbonyl (C=O) groups is 1. The molecule has 0 aliphatic carbocycles. The van der Waals surface area contributed by atoms with Crippen molar-refractivity contribution in [2.24, 2.45) is 4.99 Å². The van der Waals surface area contributed by atoms with E-state index in [1.807, 2.05) is 24.3 Å². The molecule has 3 rings (SSSR count). The first-order chi connectivity index (χ1) is 11.1. The largest absolute Gasteiger partial charge is 0.286 e. The van der Waals surface area contributed by atoms with Crippen molar-refractivity contribution < 1.29 is 9.18 Å². The van der Waals surface area contributed by atoms with Crippen molar-refractivity contribution >= 4 is 34.4 Å². The van der Waals surface area contributed by atoms with Crippen LogP contribution >= 0.6 is 23.4 Å². The highest BCUT2D eigenvalue weighted by atomic mass is 35.5. The van der Waals surface area contributed by atoms with E-state index in [2.05, 4.69) is 4.99 Å². The van der Waals surface area contributed by atoms with Gasteiger partial charge in [-0.25, -0.2) is 4.39 Å². The van der Waals surface area contributed by atoms with Gasteiger partial charge < -0.3 is 0 Å². The second kappa shape index (κ2) is 7.15. The molecule has 1 aliphatic rings. The van der Waals surface area contributed by atoms with Crippen molar-refractivity contribution in [3.63, 3.8) is 0 Å². The maximum atomic E-state index is 13.3. The zero-order chi connectivity index (χ0) is 16.2. The van der Waals surface area contributed by atoms with Gasteiger partial charge in [-0.05, 0) is 35.9 Å². The number of rotatable bonds is 3. The summed E-state index contributed by atoms with van der Waals surface area (Å²) in [5.41, 5.74) is 1.40. The lowest BCUT2D eigenvalue weighted by Gasteiger charge is -2.18. The number of hydrogen-bond acceptors (Lipinski definition) is 3. The summed E-state index contributed by atoms with van der Waals surface area (Å²) >= 11 is 7.46. The molecular weight excluding hydrogens is 335 g/mol. The van der Waals surface area contributed by atoms with Crippen LogP contribution in [-0.2, 0) is 5.75 Å². The third kappa shape index (κ3) is 3.92. The van der Waals surface area contributed by atoms with Gasteiger partial charge in [0.1, 0.15) is 5.82 Å². The van der Waals surface area contributed by atoms with Gasteiger partial charge in [-0.15, -0.1) is 0 Å². The monoisotopic (exact) mass is 348 g/mol. The van der Waals surface area contributed by atoms with Crippen LogP contribution in [0.4, 0.5) is 4.39 Å². The van der Waals surface area contributed by atoms with E-state index in [1.54, 1.807) is 11.0 Å². The smallest absolute Gasteiger partial charge is 0.259 e. The molecule has 0 bridgehead atoms. The SMILES string of the molecule is O=C(c1cccc(F)c1)N1CCN=C1SCc1cccc(Cl)c1. The summed E-state index contributed by atoms with van der Waals surface area (Å²) in [7, 11) is 0. The normalized spacial score (nSPS) is 14.0. The highest BCUT2D eigenvalue weighted by Crippen LogP contribution is 2.23. The Morgan fingerprint density at radius 2 is 2.09 bits per heavy atom. The third-order valence-electron chi connectivity index (χ3n) is 3.38. The number of nitrogens with zero attached hydrogens (tertiary/aromatic N) is 2. The molecular formula is C17H14ClFN2OS. The van der Waals surface area contributed by atoms with Crippen LogP contribution < -0.4 is 0 Å². The van der Waals surface area contributed by atoms with E-state index in [9.17, 15) is 9.18 Å². The number of amides is 1. The Kier molecular flexibility index (Phi) is 4.98. The van der Waals surface area contributed by atoms with Gasteiger partial charge in [0.15, 0.2) is 5.17 Å². The van der Waals surface area contributed by atoms with Crippen molar-refractivity contribution in [2.75, 3.05) is 13.1 Å². The van der Waals surface area contributed by atoms with E-state index >= 15 is 0 Å². The van der Waals surface area contributed by atoms with Crippen LogP contribution in [-0.4, -0.2) is 29.1 Å². The van der Waals surface area contributed by atoms with E-state index in [1.165, 1.54) is 30.0 Å². The topological polar surface area (TPSA) is 32.7 Å². The predicted molar refractivity (Wildman–Crippen MR) is 92.5 cm³/mol. The fourth-order valence-electron chi connectivity index (χ4n) is 2.29. The van der Waals surface area contributed by atoms with Crippen LogP contribution in [0.2, 0.25) is 5.02 Å². The Morgan fingerprint density at radius 1 is 1.26 bits per heavy atom. The molecule has 6 heteroatoms. The van der Waals surface area contributed by atoms with Crippen molar-refractivity contribution in [3.05, 3.63) is 70.5 Å². The molecule has 23 heavy (non-hydrogen) atoms. The van der Waals surface area contributed by atoms with Gasteiger partial charge in [0.05, 0.1) is 6.54 Å². The van der Waals surface area contributed by atoms with Crippen LogP contribution in [0.15, 0.2) is 53.5 Å². The Bertz CT molecular complexity index is 766. The summed E-state index contributed by atoms with van der Waals surface area (Å²) in [5, 5.41) is 1.35. The number of carbonyl (C=O) groups excluding carboxylic acids is 1. The van der Waals surface area contributed by atoms with Crippen LogP contribution in [0.3, 0.4) is 0 Å². The minimum atomic E-state index is -0.417. The average molecular weight is 349 g/mol. The molecule has 0 atom stereocenters. The van der Waals surface area contributed by atoms with Gasteiger partial charge in [0.25, 0.3) is 5.91 Å². The third-order valence-corrected chi connectivity index (χ3v) is 4.70. The maximum absolute atomic E-state index is 13.3. The van der Waals surface area contributed by atoms with E-state index < -0.39 is 5.82 Å². The summed E-state index contributed by atoms with van der Waals surface area (Å²) in [6.45, 7) is 1.09. The van der Waals surface area contributed by atoms with Gasteiger partial charge in [0.2, 0.25) is 0 Å². The molecule has 1 aliphatic heterocycles. The molecule has 1 amide bonds. The van der Waals surface area contributed by atoms with E-state index in [4.69, 9.17) is 11.6 Å². The molecule has 3 nitrogen and oxygen atoms in total. The highest BCUT2D eigenvalue weighted by Gasteiger charge is 2.25. The second-order valence-electron chi connectivity index (χ2n) is 5.05. The summed E-state index contributed by atoms with van der Waals surface area (Å²) in [4.78, 5) is 18.5. The number of aliphatic imine (C=N–C) groups is 1. The lowest BCUT2D eigenvalue weighted by molar-refractivity contribution is 0.0860. The van der Waals surface area contributed by atoms with Gasteiger partial charge in [-0.3, -0.25) is 14.7 Å². The second-order valence-corrected chi connectivity index (χ2v) is 6.43. The van der Waals surface area contributed by atoms with Crippen LogP contribution in [0.1, 0.15) is 15.9 Å². The van der Waals surface area contributed by atoms with Crippen molar-refractivity contribution in [2.45, 2.75) is 5.75 Å². The van der Waals surface area contributed by atoms with E-state index in [0.29, 0.717) is 34.6 Å². The Morgan fingerprint density at radius 3 is 2.87 bits per heavy atom. The van der Waals surface area contributed by atoms with E-state index in [0.717, 1.165) is 5.56 Å². The fraction of sp³-hybridized carbons (Fsp3) is 0.176. The number of hydrogen-bond donors (Lipinski definition) is 0. The van der Waals surface area contributed by atoms with Crippen molar-refractivity contribution in [1.82, 2.24) is 4.90 Å². The van der Waals surface area contributed by atoms with Gasteiger partial charge in [0, 0.05) is 22.9 Å². The molecule has 0 N–H and O–H groups in total. The number of thioether (sulfide) groups is 1. The molecule has 0 saturated heterocycles. The summed E-state index contributed by atoms with van der Waals surface area (Å²) in [5.74, 6) is 0.0336. The van der Waals surface area contributed by atoms with Crippen LogP contribution in [0.25, 0.3) is 0 Å². The molecule has 0 saturated carbocycles. The molecule has 2 aromatic carbocycles. The number of amidine groups is 1. The molecule has 0 aromatic heterocycles. The average Bonchev–Trinajstić information content (AvgIpc) is 3.01. The summed E-state index contributed by atoms with van der Waals surface area (Å²) in [6, 6.07) is 13.3. The number of halogens is 2. The zero-order valence-electron chi connectivity index (χ0n) is 12.2. The summed E-state index contributed by atoms with van der Waals surface area (Å²) < 4.78 is 13.3. The molecule has 1 heterocycles. The van der Waals surface area contributed by atoms with Gasteiger partial charge >= 0.3 is 0 Å². The van der Waals surface area contributed by atoms with Gasteiger partial charge in [-0.2, -0.15) is 0 Å². The van der Waals surface area contributed by atoms with Crippen molar-refractivity contribution in [3.8, 4) is 0 Å². The molecule has 0 radical (unpaired) electrons. The lowest BCUT2D eigenvalue weighted by atomic mass is 10.2. The predicted octanol–water partition coefficient (Wildman–Crippen LogP) is 4.22. The molecule has 118 valence electrons. The lowest BCUT2D eigenvalue weighted by Crippen LogP contribution is -2.32. The first-order valence-electron chi connectivity index (χ1n) is 7.12. The van der Waals surface area contributed by atoms with Crippen LogP contribution in [0.5, 0.6) is 0 Å². The Balaban J connectivity index is 1.69. The van der Waals surface area contributed by atoms with E-state index in [-0.39, 0.29) is 5.91 Å². The molecule has 0 unspecified atom stereocenters. The fourth-order valence-corrected chi connectivity index (χ4v) is 3.49. The first-order valence-corrected chi connectivity index (χ1v) is 8.49. The highest BCUT2D eigenvalue weighted by molar-refractivity contribution is 8.13. The van der Waals surface area contributed by atoms with Gasteiger partial charge in [-0.1, -0.05) is 41.6 Å². The first kappa shape index (κ1) is 16.0. The maximum Gasteiger partial charge on any atom is 0.259 e. The quantitative estimate of drug-likeness (QED) is 0.831.